The zero-order chi connectivity index (χ0) is 23.7. The van der Waals surface area contributed by atoms with E-state index < -0.39 is 0 Å². The maximum absolute atomic E-state index is 12.7. The third-order valence-corrected chi connectivity index (χ3v) is 6.83. The van der Waals surface area contributed by atoms with Gasteiger partial charge in [-0.05, 0) is 36.6 Å². The van der Waals surface area contributed by atoms with Gasteiger partial charge in [0, 0.05) is 48.1 Å². The largest absolute Gasteiger partial charge is 0.493 e. The highest BCUT2D eigenvalue weighted by Gasteiger charge is 2.48. The fourth-order valence-corrected chi connectivity index (χ4v) is 5.21. The van der Waals surface area contributed by atoms with E-state index >= 15 is 0 Å². The van der Waals surface area contributed by atoms with E-state index in [1.54, 1.807) is 0 Å². The number of ketones is 1. The standard InChI is InChI=1S/C27H32ClN3O3/c1-19(2)11-22(32)14-31-25-8-7-23(34-10-4-9-30-15-27(16-30)17-33-18-27)13-24(25)29-26(31)20-5-3-6-21(28)12-20/h3,5-8,12-13,19H,4,9-11,14-18H2,1-2H3. The normalized spacial score (nSPS) is 17.2. The molecule has 0 N–H and O–H groups in total. The second-order valence-corrected chi connectivity index (χ2v) is 10.7. The smallest absolute Gasteiger partial charge is 0.152 e. The Morgan fingerprint density at radius 3 is 2.74 bits per heavy atom. The van der Waals surface area contributed by atoms with Crippen molar-refractivity contribution in [2.45, 2.75) is 33.2 Å². The van der Waals surface area contributed by atoms with Crippen LogP contribution >= 0.6 is 11.6 Å². The van der Waals surface area contributed by atoms with E-state index in [-0.39, 0.29) is 5.78 Å². The highest BCUT2D eigenvalue weighted by atomic mass is 35.5. The molecule has 5 rings (SSSR count). The SMILES string of the molecule is CC(C)CC(=O)Cn1c(-c2cccc(Cl)c2)nc2cc(OCCCN3CC4(COC4)C3)ccc21. The minimum Gasteiger partial charge on any atom is -0.493 e. The molecule has 2 aliphatic heterocycles. The van der Waals surface area contributed by atoms with Crippen molar-refractivity contribution in [3.05, 3.63) is 47.5 Å². The molecule has 0 saturated carbocycles. The van der Waals surface area contributed by atoms with E-state index in [0.717, 1.165) is 67.4 Å². The lowest BCUT2D eigenvalue weighted by Gasteiger charge is -2.55. The lowest BCUT2D eigenvalue weighted by molar-refractivity contribution is -0.189. The van der Waals surface area contributed by atoms with Crippen LogP contribution in [0.5, 0.6) is 5.75 Å². The monoisotopic (exact) mass is 481 g/mol. The number of benzene rings is 2. The first-order valence-electron chi connectivity index (χ1n) is 12.1. The van der Waals surface area contributed by atoms with Crippen LogP contribution in [0.2, 0.25) is 5.02 Å². The number of hydrogen-bond donors (Lipinski definition) is 0. The molecular weight excluding hydrogens is 450 g/mol. The van der Waals surface area contributed by atoms with Crippen LogP contribution < -0.4 is 4.74 Å². The number of fused-ring (bicyclic) bond motifs is 1. The van der Waals surface area contributed by atoms with Gasteiger partial charge in [0.25, 0.3) is 0 Å². The number of aromatic nitrogens is 2. The Labute approximate surface area is 205 Å². The molecule has 2 fully saturated rings. The Balaban J connectivity index is 1.29. The van der Waals surface area contributed by atoms with Crippen molar-refractivity contribution in [1.29, 1.82) is 0 Å². The van der Waals surface area contributed by atoms with Crippen LogP contribution in [-0.4, -0.2) is 59.7 Å². The fourth-order valence-electron chi connectivity index (χ4n) is 5.02. The van der Waals surface area contributed by atoms with Gasteiger partial charge < -0.3 is 18.9 Å². The number of Topliss-reactive ketones (excluding diaryl/α,β-unsaturated/α-hetero) is 1. The number of ether oxygens (including phenoxy) is 2. The number of carbonyl (C=O) groups excluding carboxylic acids is 1. The molecule has 1 spiro atoms. The van der Waals surface area contributed by atoms with E-state index in [4.69, 9.17) is 26.1 Å². The topological polar surface area (TPSA) is 56.6 Å². The van der Waals surface area contributed by atoms with Crippen molar-refractivity contribution in [2.24, 2.45) is 11.3 Å². The molecule has 3 aromatic rings. The minimum absolute atomic E-state index is 0.194. The van der Waals surface area contributed by atoms with E-state index in [9.17, 15) is 4.79 Å². The molecule has 3 heterocycles. The van der Waals surface area contributed by atoms with Crippen molar-refractivity contribution in [3.63, 3.8) is 0 Å². The zero-order valence-corrected chi connectivity index (χ0v) is 20.7. The third-order valence-electron chi connectivity index (χ3n) is 6.59. The molecule has 0 bridgehead atoms. The molecule has 34 heavy (non-hydrogen) atoms. The molecule has 2 saturated heterocycles. The first-order valence-corrected chi connectivity index (χ1v) is 12.5. The van der Waals surface area contributed by atoms with Crippen molar-refractivity contribution < 1.29 is 14.3 Å². The van der Waals surface area contributed by atoms with Crippen molar-refractivity contribution in [1.82, 2.24) is 14.5 Å². The molecule has 2 aromatic carbocycles. The predicted octanol–water partition coefficient (Wildman–Crippen LogP) is 5.07. The summed E-state index contributed by atoms with van der Waals surface area (Å²) in [6, 6.07) is 13.6. The second kappa shape index (κ2) is 9.68. The molecule has 180 valence electrons. The quantitative estimate of drug-likeness (QED) is 0.378. The average Bonchev–Trinajstić information content (AvgIpc) is 3.08. The third kappa shape index (κ3) is 4.99. The molecule has 0 atom stereocenters. The summed E-state index contributed by atoms with van der Waals surface area (Å²) in [5.41, 5.74) is 3.10. The summed E-state index contributed by atoms with van der Waals surface area (Å²) in [6.45, 7) is 10.3. The van der Waals surface area contributed by atoms with Crippen LogP contribution in [0.25, 0.3) is 22.4 Å². The molecule has 7 heteroatoms. The maximum atomic E-state index is 12.7. The fraction of sp³-hybridized carbons (Fsp3) is 0.481. The molecular formula is C27H32ClN3O3. The zero-order valence-electron chi connectivity index (χ0n) is 19.9. The summed E-state index contributed by atoms with van der Waals surface area (Å²) < 4.78 is 13.4. The molecule has 0 unspecified atom stereocenters. The number of imidazole rings is 1. The summed E-state index contributed by atoms with van der Waals surface area (Å²) in [5.74, 6) is 2.06. The van der Waals surface area contributed by atoms with Gasteiger partial charge in [0.05, 0.1) is 37.4 Å². The second-order valence-electron chi connectivity index (χ2n) is 10.2. The Morgan fingerprint density at radius 1 is 1.21 bits per heavy atom. The summed E-state index contributed by atoms with van der Waals surface area (Å²) >= 11 is 6.25. The lowest BCUT2D eigenvalue weighted by atomic mass is 9.78. The van der Waals surface area contributed by atoms with E-state index in [0.29, 0.717) is 35.9 Å². The first kappa shape index (κ1) is 23.3. The van der Waals surface area contributed by atoms with E-state index in [2.05, 4.69) is 18.7 Å². The number of likely N-dealkylation sites (tertiary alicyclic amines) is 1. The van der Waals surface area contributed by atoms with Crippen molar-refractivity contribution in [3.8, 4) is 17.1 Å². The van der Waals surface area contributed by atoms with Crippen LogP contribution in [0.4, 0.5) is 0 Å². The average molecular weight is 482 g/mol. The van der Waals surface area contributed by atoms with Crippen LogP contribution in [0.15, 0.2) is 42.5 Å². The van der Waals surface area contributed by atoms with Gasteiger partial charge >= 0.3 is 0 Å². The Bertz CT molecular complexity index is 1180. The van der Waals surface area contributed by atoms with E-state index in [1.165, 1.54) is 0 Å². The van der Waals surface area contributed by atoms with Gasteiger partial charge in [-0.2, -0.15) is 0 Å². The lowest BCUT2D eigenvalue weighted by Crippen LogP contribution is -2.65. The Kier molecular flexibility index (Phi) is 6.65. The van der Waals surface area contributed by atoms with Gasteiger partial charge in [-0.3, -0.25) is 4.79 Å². The molecule has 2 aliphatic rings. The van der Waals surface area contributed by atoms with Gasteiger partial charge in [-0.25, -0.2) is 4.98 Å². The predicted molar refractivity (Wildman–Crippen MR) is 134 cm³/mol. The summed E-state index contributed by atoms with van der Waals surface area (Å²) in [4.78, 5) is 20.0. The van der Waals surface area contributed by atoms with Crippen LogP contribution in [0.1, 0.15) is 26.7 Å². The van der Waals surface area contributed by atoms with E-state index in [1.807, 2.05) is 47.0 Å². The van der Waals surface area contributed by atoms with Crippen LogP contribution in [-0.2, 0) is 16.1 Å². The van der Waals surface area contributed by atoms with Gasteiger partial charge in [0.1, 0.15) is 11.6 Å². The van der Waals surface area contributed by atoms with Crippen molar-refractivity contribution >= 4 is 28.4 Å². The molecule has 0 radical (unpaired) electrons. The number of hydrogen-bond acceptors (Lipinski definition) is 5. The van der Waals surface area contributed by atoms with Crippen LogP contribution in [0.3, 0.4) is 0 Å². The molecule has 0 aliphatic carbocycles. The first-order chi connectivity index (χ1) is 16.4. The maximum Gasteiger partial charge on any atom is 0.152 e. The van der Waals surface area contributed by atoms with Crippen LogP contribution in [0, 0.1) is 11.3 Å². The summed E-state index contributed by atoms with van der Waals surface area (Å²) in [5, 5.41) is 0.645. The summed E-state index contributed by atoms with van der Waals surface area (Å²) in [7, 11) is 0. The Morgan fingerprint density at radius 2 is 2.03 bits per heavy atom. The van der Waals surface area contributed by atoms with Gasteiger partial charge in [-0.1, -0.05) is 37.6 Å². The minimum atomic E-state index is 0.194. The molecule has 0 amide bonds. The van der Waals surface area contributed by atoms with Gasteiger partial charge in [0.15, 0.2) is 5.78 Å². The number of nitrogens with zero attached hydrogens (tertiary/aromatic N) is 3. The van der Waals surface area contributed by atoms with Crippen molar-refractivity contribution in [2.75, 3.05) is 39.5 Å². The summed E-state index contributed by atoms with van der Waals surface area (Å²) in [6.07, 6.45) is 1.53. The number of halogens is 1. The highest BCUT2D eigenvalue weighted by Crippen LogP contribution is 2.37. The molecule has 6 nitrogen and oxygen atoms in total. The number of carbonyl (C=O) groups is 1. The van der Waals surface area contributed by atoms with Gasteiger partial charge in [0.2, 0.25) is 0 Å². The van der Waals surface area contributed by atoms with Gasteiger partial charge in [-0.15, -0.1) is 0 Å². The Hall–Kier alpha value is -2.41. The number of rotatable bonds is 10. The molecule has 1 aromatic heterocycles. The highest BCUT2D eigenvalue weighted by molar-refractivity contribution is 6.30.